The zero-order chi connectivity index (χ0) is 15.6. The van der Waals surface area contributed by atoms with Crippen molar-refractivity contribution in [3.05, 3.63) is 29.6 Å². The highest BCUT2D eigenvalue weighted by Gasteiger charge is 2.35. The molecular weight excluding hydrogens is 265 g/mol. The standard InChI is InChI=1S/C18H26FNO/c1-11(2)14-7-5-12(3)9-15(14)18(21)20-17-10-13(4)6-8-16(17)19/h6,8,10-12,14-15H,5,7,9H2,1-4H3,(H,20,21)/t12-,14+,15-/m1/s1. The van der Waals surface area contributed by atoms with Gasteiger partial charge < -0.3 is 5.32 Å². The van der Waals surface area contributed by atoms with E-state index in [1.165, 1.54) is 12.5 Å². The minimum atomic E-state index is -0.362. The Morgan fingerprint density at radius 3 is 2.71 bits per heavy atom. The molecule has 0 aliphatic heterocycles. The number of hydrogen-bond acceptors (Lipinski definition) is 1. The summed E-state index contributed by atoms with van der Waals surface area (Å²) >= 11 is 0. The lowest BCUT2D eigenvalue weighted by Crippen LogP contribution is -2.36. The molecule has 1 amide bonds. The van der Waals surface area contributed by atoms with Gasteiger partial charge in [0.05, 0.1) is 5.69 Å². The zero-order valence-corrected chi connectivity index (χ0v) is 13.4. The molecule has 1 saturated carbocycles. The van der Waals surface area contributed by atoms with Crippen molar-refractivity contribution in [2.24, 2.45) is 23.7 Å². The van der Waals surface area contributed by atoms with Crippen molar-refractivity contribution in [1.82, 2.24) is 0 Å². The first-order valence-corrected chi connectivity index (χ1v) is 7.95. The SMILES string of the molecule is Cc1ccc(F)c(NC(=O)[C@@H]2C[C@H](C)CC[C@H]2C(C)C)c1. The van der Waals surface area contributed by atoms with Gasteiger partial charge in [-0.25, -0.2) is 4.39 Å². The van der Waals surface area contributed by atoms with E-state index in [1.54, 1.807) is 12.1 Å². The molecule has 3 heteroatoms. The van der Waals surface area contributed by atoms with Gasteiger partial charge in [-0.2, -0.15) is 0 Å². The highest BCUT2D eigenvalue weighted by atomic mass is 19.1. The predicted octanol–water partition coefficient (Wildman–Crippen LogP) is 4.78. The van der Waals surface area contributed by atoms with Crippen LogP contribution in [0.4, 0.5) is 10.1 Å². The Bertz CT molecular complexity index is 512. The Labute approximate surface area is 127 Å². The van der Waals surface area contributed by atoms with E-state index in [1.807, 2.05) is 6.92 Å². The van der Waals surface area contributed by atoms with Crippen molar-refractivity contribution in [2.45, 2.75) is 47.0 Å². The summed E-state index contributed by atoms with van der Waals surface area (Å²) in [5.74, 6) is 1.06. The van der Waals surface area contributed by atoms with Crippen molar-refractivity contribution < 1.29 is 9.18 Å². The van der Waals surface area contributed by atoms with Crippen LogP contribution in [0.3, 0.4) is 0 Å². The molecule has 3 atom stereocenters. The number of halogens is 1. The summed E-state index contributed by atoms with van der Waals surface area (Å²) in [5, 5.41) is 2.81. The fourth-order valence-electron chi connectivity index (χ4n) is 3.46. The summed E-state index contributed by atoms with van der Waals surface area (Å²) in [7, 11) is 0. The molecule has 0 spiro atoms. The number of nitrogens with one attached hydrogen (secondary N) is 1. The van der Waals surface area contributed by atoms with Gasteiger partial charge in [-0.3, -0.25) is 4.79 Å². The van der Waals surface area contributed by atoms with Crippen LogP contribution in [0, 0.1) is 36.4 Å². The van der Waals surface area contributed by atoms with Crippen LogP contribution in [0.25, 0.3) is 0 Å². The minimum Gasteiger partial charge on any atom is -0.323 e. The van der Waals surface area contributed by atoms with Crippen molar-refractivity contribution in [3.8, 4) is 0 Å². The monoisotopic (exact) mass is 291 g/mol. The molecule has 21 heavy (non-hydrogen) atoms. The number of rotatable bonds is 3. The van der Waals surface area contributed by atoms with Crippen molar-refractivity contribution in [2.75, 3.05) is 5.32 Å². The molecule has 1 aliphatic rings. The summed E-state index contributed by atoms with van der Waals surface area (Å²) in [4.78, 5) is 12.6. The molecule has 0 aromatic heterocycles. The van der Waals surface area contributed by atoms with Crippen molar-refractivity contribution >= 4 is 11.6 Å². The molecule has 1 N–H and O–H groups in total. The van der Waals surface area contributed by atoms with Gasteiger partial charge in [-0.15, -0.1) is 0 Å². The number of amides is 1. The number of carbonyl (C=O) groups is 1. The Morgan fingerprint density at radius 1 is 1.33 bits per heavy atom. The van der Waals surface area contributed by atoms with Gasteiger partial charge >= 0.3 is 0 Å². The Balaban J connectivity index is 2.15. The predicted molar refractivity (Wildman–Crippen MR) is 84.6 cm³/mol. The van der Waals surface area contributed by atoms with Crippen LogP contribution in [0.5, 0.6) is 0 Å². The molecule has 0 unspecified atom stereocenters. The molecule has 0 saturated heterocycles. The van der Waals surface area contributed by atoms with Crippen LogP contribution >= 0.6 is 0 Å². The number of carbonyl (C=O) groups excluding carboxylic acids is 1. The highest BCUT2D eigenvalue weighted by Crippen LogP contribution is 2.38. The molecule has 1 fully saturated rings. The summed E-state index contributed by atoms with van der Waals surface area (Å²) in [6.07, 6.45) is 3.18. The molecule has 0 heterocycles. The first kappa shape index (κ1) is 16.0. The second kappa shape index (κ2) is 6.59. The molecule has 1 aromatic carbocycles. The second-order valence-electron chi connectivity index (χ2n) is 6.91. The molecule has 1 aliphatic carbocycles. The van der Waals surface area contributed by atoms with Gasteiger partial charge in [-0.1, -0.05) is 33.3 Å². The fourth-order valence-corrected chi connectivity index (χ4v) is 3.46. The highest BCUT2D eigenvalue weighted by molar-refractivity contribution is 5.93. The molecule has 0 bridgehead atoms. The summed E-state index contributed by atoms with van der Waals surface area (Å²) in [6, 6.07) is 4.82. The average Bonchev–Trinajstić information content (AvgIpc) is 2.42. The van der Waals surface area contributed by atoms with Crippen LogP contribution in [0.15, 0.2) is 18.2 Å². The maximum atomic E-state index is 13.8. The summed E-state index contributed by atoms with van der Waals surface area (Å²) in [6.45, 7) is 8.45. The van der Waals surface area contributed by atoms with Crippen LogP contribution in [0.2, 0.25) is 0 Å². The minimum absolute atomic E-state index is 0.00587. The Morgan fingerprint density at radius 2 is 2.05 bits per heavy atom. The summed E-state index contributed by atoms with van der Waals surface area (Å²) in [5.41, 5.74) is 1.25. The van der Waals surface area contributed by atoms with Gasteiger partial charge in [0.15, 0.2) is 0 Å². The van der Waals surface area contributed by atoms with E-state index in [0.717, 1.165) is 18.4 Å². The second-order valence-corrected chi connectivity index (χ2v) is 6.91. The Kier molecular flexibility index (Phi) is 5.02. The maximum Gasteiger partial charge on any atom is 0.227 e. The number of aryl methyl sites for hydroxylation is 1. The molecule has 2 rings (SSSR count). The lowest BCUT2D eigenvalue weighted by Gasteiger charge is -2.36. The third kappa shape index (κ3) is 3.84. The van der Waals surface area contributed by atoms with Crippen molar-refractivity contribution in [3.63, 3.8) is 0 Å². The molecule has 116 valence electrons. The number of anilines is 1. The van der Waals surface area contributed by atoms with E-state index in [-0.39, 0.29) is 17.6 Å². The van der Waals surface area contributed by atoms with E-state index in [0.29, 0.717) is 23.4 Å². The third-order valence-corrected chi connectivity index (χ3v) is 4.74. The first-order chi connectivity index (χ1) is 9.88. The van der Waals surface area contributed by atoms with Gasteiger partial charge in [0.2, 0.25) is 5.91 Å². The topological polar surface area (TPSA) is 29.1 Å². The molecule has 0 radical (unpaired) electrons. The number of hydrogen-bond donors (Lipinski definition) is 1. The maximum absolute atomic E-state index is 13.8. The van der Waals surface area contributed by atoms with Crippen LogP contribution in [0.1, 0.15) is 45.6 Å². The van der Waals surface area contributed by atoms with Gasteiger partial charge in [0, 0.05) is 5.92 Å². The van der Waals surface area contributed by atoms with E-state index < -0.39 is 0 Å². The first-order valence-electron chi connectivity index (χ1n) is 7.95. The lowest BCUT2D eigenvalue weighted by atomic mass is 9.70. The quantitative estimate of drug-likeness (QED) is 0.853. The van der Waals surface area contributed by atoms with Gasteiger partial charge in [0.25, 0.3) is 0 Å². The average molecular weight is 291 g/mol. The van der Waals surface area contributed by atoms with E-state index >= 15 is 0 Å². The van der Waals surface area contributed by atoms with E-state index in [4.69, 9.17) is 0 Å². The molecular formula is C18H26FNO. The van der Waals surface area contributed by atoms with Crippen LogP contribution in [-0.2, 0) is 4.79 Å². The number of benzene rings is 1. The fraction of sp³-hybridized carbons (Fsp3) is 0.611. The normalized spacial score (nSPS) is 25.9. The van der Waals surface area contributed by atoms with E-state index in [2.05, 4.69) is 26.1 Å². The Hall–Kier alpha value is -1.38. The van der Waals surface area contributed by atoms with E-state index in [9.17, 15) is 9.18 Å². The van der Waals surface area contributed by atoms with Gasteiger partial charge in [-0.05, 0) is 55.2 Å². The lowest BCUT2D eigenvalue weighted by molar-refractivity contribution is -0.124. The summed E-state index contributed by atoms with van der Waals surface area (Å²) < 4.78 is 13.8. The molecule has 2 nitrogen and oxygen atoms in total. The van der Waals surface area contributed by atoms with Crippen LogP contribution in [-0.4, -0.2) is 5.91 Å². The third-order valence-electron chi connectivity index (χ3n) is 4.74. The van der Waals surface area contributed by atoms with Gasteiger partial charge in [0.1, 0.15) is 5.82 Å². The smallest absolute Gasteiger partial charge is 0.227 e. The molecule has 1 aromatic rings. The largest absolute Gasteiger partial charge is 0.323 e. The van der Waals surface area contributed by atoms with Crippen molar-refractivity contribution in [1.29, 1.82) is 0 Å². The zero-order valence-electron chi connectivity index (χ0n) is 13.4. The van der Waals surface area contributed by atoms with Crippen LogP contribution < -0.4 is 5.32 Å².